The third-order valence-corrected chi connectivity index (χ3v) is 4.12. The van der Waals surface area contributed by atoms with Crippen molar-refractivity contribution in [1.82, 2.24) is 0 Å². The highest BCUT2D eigenvalue weighted by atomic mass is 35.5. The topological polar surface area (TPSA) is 126 Å². The Morgan fingerprint density at radius 1 is 1.21 bits per heavy atom. The van der Waals surface area contributed by atoms with Crippen molar-refractivity contribution in [2.75, 3.05) is 7.11 Å². The number of carbonyl (C=O) groups is 2. The van der Waals surface area contributed by atoms with E-state index in [0.29, 0.717) is 0 Å². The standard InChI is InChI=1S/C14H12ClNO7S/c1-21-14(18)12-5-2-8(23-12)7-22-13(17)10-6-9(24(16,19)20)3-4-11(10)15/h2-6H,7H2,1H3,(H2,16,19,20). The fourth-order valence-corrected chi connectivity index (χ4v) is 2.45. The third-order valence-electron chi connectivity index (χ3n) is 2.88. The summed E-state index contributed by atoms with van der Waals surface area (Å²) in [6, 6.07) is 6.21. The maximum Gasteiger partial charge on any atom is 0.373 e. The molecular weight excluding hydrogens is 362 g/mol. The van der Waals surface area contributed by atoms with Gasteiger partial charge in [0.05, 0.1) is 22.6 Å². The van der Waals surface area contributed by atoms with Crippen LogP contribution in [0.3, 0.4) is 0 Å². The molecule has 0 radical (unpaired) electrons. The van der Waals surface area contributed by atoms with Gasteiger partial charge in [-0.3, -0.25) is 0 Å². The highest BCUT2D eigenvalue weighted by Gasteiger charge is 2.18. The zero-order valence-corrected chi connectivity index (χ0v) is 13.9. The van der Waals surface area contributed by atoms with Gasteiger partial charge in [-0.05, 0) is 30.3 Å². The van der Waals surface area contributed by atoms with Crippen molar-refractivity contribution in [3.8, 4) is 0 Å². The second-order valence-corrected chi connectivity index (χ2v) is 6.49. The molecule has 2 rings (SSSR count). The van der Waals surface area contributed by atoms with Crippen molar-refractivity contribution in [3.63, 3.8) is 0 Å². The molecular formula is C14H12ClNO7S. The number of rotatable bonds is 5. The van der Waals surface area contributed by atoms with E-state index in [1.54, 1.807) is 0 Å². The van der Waals surface area contributed by atoms with E-state index < -0.39 is 22.0 Å². The molecule has 128 valence electrons. The van der Waals surface area contributed by atoms with Crippen LogP contribution in [0.5, 0.6) is 0 Å². The fourth-order valence-electron chi connectivity index (χ4n) is 1.72. The van der Waals surface area contributed by atoms with Gasteiger partial charge >= 0.3 is 11.9 Å². The van der Waals surface area contributed by atoms with E-state index in [0.717, 1.165) is 6.07 Å². The molecule has 0 fully saturated rings. The fraction of sp³-hybridized carbons (Fsp3) is 0.143. The number of carbonyl (C=O) groups excluding carboxylic acids is 2. The van der Waals surface area contributed by atoms with Crippen LogP contribution < -0.4 is 5.14 Å². The minimum absolute atomic E-state index is 0.00194. The van der Waals surface area contributed by atoms with Crippen LogP contribution in [-0.2, 0) is 26.1 Å². The van der Waals surface area contributed by atoms with E-state index in [2.05, 4.69) is 4.74 Å². The summed E-state index contributed by atoms with van der Waals surface area (Å²) >= 11 is 5.87. The van der Waals surface area contributed by atoms with Gasteiger partial charge < -0.3 is 13.9 Å². The molecule has 8 nitrogen and oxygen atoms in total. The lowest BCUT2D eigenvalue weighted by atomic mass is 10.2. The minimum atomic E-state index is -3.99. The molecule has 0 saturated carbocycles. The Balaban J connectivity index is 2.13. The van der Waals surface area contributed by atoms with Crippen molar-refractivity contribution in [1.29, 1.82) is 0 Å². The maximum atomic E-state index is 12.0. The third kappa shape index (κ3) is 4.13. The summed E-state index contributed by atoms with van der Waals surface area (Å²) in [5, 5.41) is 5.01. The van der Waals surface area contributed by atoms with Gasteiger partial charge in [0, 0.05) is 0 Å². The number of nitrogens with two attached hydrogens (primary N) is 1. The summed E-state index contributed by atoms with van der Waals surface area (Å²) < 4.78 is 37.2. The molecule has 0 aliphatic heterocycles. The molecule has 2 N–H and O–H groups in total. The Kier molecular flexibility index (Phi) is 5.27. The van der Waals surface area contributed by atoms with E-state index in [1.807, 2.05) is 0 Å². The molecule has 1 aromatic heterocycles. The highest BCUT2D eigenvalue weighted by Crippen LogP contribution is 2.21. The lowest BCUT2D eigenvalue weighted by molar-refractivity contribution is 0.0438. The van der Waals surface area contributed by atoms with Gasteiger partial charge in [-0.25, -0.2) is 23.1 Å². The number of furan rings is 1. The summed E-state index contributed by atoms with van der Waals surface area (Å²) in [4.78, 5) is 23.0. The Morgan fingerprint density at radius 3 is 2.54 bits per heavy atom. The van der Waals surface area contributed by atoms with Crippen molar-refractivity contribution < 1.29 is 31.9 Å². The van der Waals surface area contributed by atoms with Gasteiger partial charge in [0.25, 0.3) is 0 Å². The molecule has 1 aromatic carbocycles. The summed E-state index contributed by atoms with van der Waals surface area (Å²) in [6.45, 7) is -0.286. The molecule has 0 aliphatic carbocycles. The molecule has 1 heterocycles. The molecule has 24 heavy (non-hydrogen) atoms. The Labute approximate surface area is 142 Å². The van der Waals surface area contributed by atoms with E-state index in [-0.39, 0.29) is 33.6 Å². The number of ether oxygens (including phenoxy) is 2. The molecule has 0 unspecified atom stereocenters. The van der Waals surface area contributed by atoms with Crippen LogP contribution in [0.15, 0.2) is 39.6 Å². The average molecular weight is 374 g/mol. The summed E-state index contributed by atoms with van der Waals surface area (Å²) in [5.41, 5.74) is -0.164. The zero-order valence-electron chi connectivity index (χ0n) is 12.3. The smallest absolute Gasteiger partial charge is 0.373 e. The number of hydrogen-bond donors (Lipinski definition) is 1. The first kappa shape index (κ1) is 18.0. The second-order valence-electron chi connectivity index (χ2n) is 4.52. The first-order valence-electron chi connectivity index (χ1n) is 6.39. The predicted octanol–water partition coefficient (Wildman–Crippen LogP) is 1.72. The molecule has 0 atom stereocenters. The van der Waals surface area contributed by atoms with E-state index >= 15 is 0 Å². The lowest BCUT2D eigenvalue weighted by Crippen LogP contribution is -2.14. The van der Waals surface area contributed by atoms with Gasteiger partial charge in [-0.2, -0.15) is 0 Å². The monoisotopic (exact) mass is 373 g/mol. The molecule has 0 amide bonds. The normalized spacial score (nSPS) is 11.1. The van der Waals surface area contributed by atoms with Crippen LogP contribution in [0.25, 0.3) is 0 Å². The zero-order chi connectivity index (χ0) is 17.9. The Bertz CT molecular complexity index is 888. The van der Waals surface area contributed by atoms with Crippen LogP contribution in [0.4, 0.5) is 0 Å². The predicted molar refractivity (Wildman–Crippen MR) is 82.0 cm³/mol. The highest BCUT2D eigenvalue weighted by molar-refractivity contribution is 7.89. The van der Waals surface area contributed by atoms with E-state index in [1.165, 1.54) is 31.4 Å². The summed E-state index contributed by atoms with van der Waals surface area (Å²) in [6.07, 6.45) is 0. The molecule has 0 bridgehead atoms. The van der Waals surface area contributed by atoms with Crippen molar-refractivity contribution >= 4 is 33.6 Å². The van der Waals surface area contributed by atoms with Gasteiger partial charge in [0.2, 0.25) is 15.8 Å². The van der Waals surface area contributed by atoms with Crippen LogP contribution in [-0.4, -0.2) is 27.5 Å². The SMILES string of the molecule is COC(=O)c1ccc(COC(=O)c2cc(S(N)(=O)=O)ccc2Cl)o1. The van der Waals surface area contributed by atoms with Gasteiger partial charge in [-0.15, -0.1) is 0 Å². The molecule has 0 spiro atoms. The van der Waals surface area contributed by atoms with Crippen molar-refractivity contribution in [3.05, 3.63) is 52.4 Å². The number of methoxy groups -OCH3 is 1. The first-order valence-corrected chi connectivity index (χ1v) is 8.31. The van der Waals surface area contributed by atoms with Crippen LogP contribution in [0.1, 0.15) is 26.7 Å². The molecule has 0 saturated heterocycles. The number of halogens is 1. The van der Waals surface area contributed by atoms with E-state index in [9.17, 15) is 18.0 Å². The first-order chi connectivity index (χ1) is 11.2. The van der Waals surface area contributed by atoms with Crippen LogP contribution in [0, 0.1) is 0 Å². The van der Waals surface area contributed by atoms with Gasteiger partial charge in [0.15, 0.2) is 0 Å². The number of primary sulfonamides is 1. The Hall–Kier alpha value is -2.36. The molecule has 10 heteroatoms. The maximum absolute atomic E-state index is 12.0. The second kappa shape index (κ2) is 7.04. The Morgan fingerprint density at radius 2 is 1.92 bits per heavy atom. The van der Waals surface area contributed by atoms with Crippen LogP contribution >= 0.6 is 11.6 Å². The van der Waals surface area contributed by atoms with Gasteiger partial charge in [0.1, 0.15) is 12.4 Å². The number of sulfonamides is 1. The lowest BCUT2D eigenvalue weighted by Gasteiger charge is -2.06. The summed E-state index contributed by atoms with van der Waals surface area (Å²) in [7, 11) is -2.79. The number of esters is 2. The largest absolute Gasteiger partial charge is 0.463 e. The van der Waals surface area contributed by atoms with Crippen molar-refractivity contribution in [2.24, 2.45) is 5.14 Å². The van der Waals surface area contributed by atoms with Gasteiger partial charge in [-0.1, -0.05) is 11.6 Å². The van der Waals surface area contributed by atoms with Crippen LogP contribution in [0.2, 0.25) is 5.02 Å². The number of benzene rings is 1. The molecule has 0 aliphatic rings. The van der Waals surface area contributed by atoms with E-state index in [4.69, 9.17) is 25.9 Å². The number of hydrogen-bond acceptors (Lipinski definition) is 7. The average Bonchev–Trinajstić information content (AvgIpc) is 3.00. The summed E-state index contributed by atoms with van der Waals surface area (Å²) in [5.74, 6) is -1.39. The molecule has 2 aromatic rings. The van der Waals surface area contributed by atoms with Crippen molar-refractivity contribution in [2.45, 2.75) is 11.5 Å². The quantitative estimate of drug-likeness (QED) is 0.790. The minimum Gasteiger partial charge on any atom is -0.463 e.